The largest absolute Gasteiger partial charge is 0.504 e. The molecule has 2 bridgehead atoms. The number of amides is 2. The Bertz CT molecular complexity index is 1160. The average molecular weight is 570 g/mol. The van der Waals surface area contributed by atoms with E-state index in [0.29, 0.717) is 11.5 Å². The predicted octanol–water partition coefficient (Wildman–Crippen LogP) is 4.27. The van der Waals surface area contributed by atoms with E-state index in [-0.39, 0.29) is 71.4 Å². The van der Waals surface area contributed by atoms with Crippen molar-refractivity contribution in [2.45, 2.75) is 116 Å². The van der Waals surface area contributed by atoms with Crippen LogP contribution in [-0.2, 0) is 20.7 Å². The van der Waals surface area contributed by atoms with Crippen molar-refractivity contribution in [1.29, 1.82) is 5.41 Å². The zero-order chi connectivity index (χ0) is 29.5. The lowest BCUT2D eigenvalue weighted by molar-refractivity contribution is -0.138. The summed E-state index contributed by atoms with van der Waals surface area (Å²) in [5.74, 6) is -0.602. The number of hydrogen-bond donors (Lipinski definition) is 5. The van der Waals surface area contributed by atoms with E-state index in [1.54, 1.807) is 11.0 Å². The van der Waals surface area contributed by atoms with Crippen LogP contribution in [0, 0.1) is 28.1 Å². The second-order valence-electron chi connectivity index (χ2n) is 13.5. The molecule has 1 saturated heterocycles. The van der Waals surface area contributed by atoms with Crippen molar-refractivity contribution in [1.82, 2.24) is 10.2 Å². The third-order valence-corrected chi connectivity index (χ3v) is 11.2. The SMILES string of the molecule is CCC12CCC(CC1OC(=N)[C@H]1CC(O)CN1C(=O)C(NC(=O)Cc1ccc(O)c(O)c1)C1CCCCC1)C2(C)C. The first-order valence-electron chi connectivity index (χ1n) is 15.5. The standard InChI is InChI=1S/C32H47N3O6/c1-4-32-13-12-21(31(32,2)3)16-26(32)41-29(33)23-17-22(36)18-35(23)30(40)28(20-8-6-5-7-9-20)34-27(39)15-19-10-11-24(37)25(38)14-19/h10-11,14,20-23,26,28,33,36-38H,4-9,12-13,15-18H2,1-3H3,(H,34,39)/t21?,22?,23-,26?,28?,32?/m1/s1. The summed E-state index contributed by atoms with van der Waals surface area (Å²) in [7, 11) is 0. The first-order chi connectivity index (χ1) is 19.5. The maximum atomic E-state index is 14.2. The van der Waals surface area contributed by atoms with Crippen LogP contribution in [0.4, 0.5) is 0 Å². The van der Waals surface area contributed by atoms with Crippen LogP contribution in [0.3, 0.4) is 0 Å². The predicted molar refractivity (Wildman–Crippen MR) is 155 cm³/mol. The van der Waals surface area contributed by atoms with Crippen LogP contribution in [0.1, 0.15) is 90.5 Å². The Morgan fingerprint density at radius 3 is 2.51 bits per heavy atom. The molecule has 1 aliphatic heterocycles. The third-order valence-electron chi connectivity index (χ3n) is 11.2. The lowest BCUT2D eigenvalue weighted by Gasteiger charge is -2.42. The third kappa shape index (κ3) is 5.42. The van der Waals surface area contributed by atoms with Gasteiger partial charge >= 0.3 is 0 Å². The quantitative estimate of drug-likeness (QED) is 0.180. The van der Waals surface area contributed by atoms with E-state index >= 15 is 0 Å². The minimum absolute atomic E-state index is 0.0112. The Kier molecular flexibility index (Phi) is 8.30. The Hall–Kier alpha value is -2.81. The Balaban J connectivity index is 1.32. The normalized spacial score (nSPS) is 31.7. The molecule has 4 fully saturated rings. The number of benzene rings is 1. The van der Waals surface area contributed by atoms with Crippen LogP contribution in [0.2, 0.25) is 0 Å². The number of aliphatic hydroxyl groups is 1. The number of nitrogens with one attached hydrogen (secondary N) is 2. The first-order valence-corrected chi connectivity index (χ1v) is 15.5. The zero-order valence-corrected chi connectivity index (χ0v) is 24.7. The molecule has 5 rings (SSSR count). The number of fused-ring (bicyclic) bond motifs is 2. The molecule has 4 aliphatic rings. The Morgan fingerprint density at radius 1 is 1.12 bits per heavy atom. The van der Waals surface area contributed by atoms with Gasteiger partial charge in [0.2, 0.25) is 17.7 Å². The van der Waals surface area contributed by atoms with E-state index in [1.807, 2.05) is 0 Å². The first kappa shape index (κ1) is 29.7. The van der Waals surface area contributed by atoms with Gasteiger partial charge in [-0.2, -0.15) is 0 Å². The number of phenolic OH excluding ortho intramolecular Hbond substituents is 2. The summed E-state index contributed by atoms with van der Waals surface area (Å²) in [5, 5.41) is 42.1. The number of carbonyl (C=O) groups excluding carboxylic acids is 2. The molecule has 0 spiro atoms. The number of rotatable bonds is 8. The van der Waals surface area contributed by atoms with Crippen molar-refractivity contribution in [3.8, 4) is 11.5 Å². The van der Waals surface area contributed by atoms with Crippen LogP contribution in [0.5, 0.6) is 11.5 Å². The molecule has 9 heteroatoms. The topological polar surface area (TPSA) is 143 Å². The highest BCUT2D eigenvalue weighted by molar-refractivity contribution is 5.92. The molecule has 226 valence electrons. The van der Waals surface area contributed by atoms with Crippen LogP contribution in [-0.4, -0.2) is 68.8 Å². The molecule has 1 heterocycles. The number of aliphatic hydroxyl groups excluding tert-OH is 1. The maximum Gasteiger partial charge on any atom is 0.246 e. The number of ether oxygens (including phenoxy) is 1. The lowest BCUT2D eigenvalue weighted by Crippen LogP contribution is -2.55. The van der Waals surface area contributed by atoms with E-state index < -0.39 is 18.2 Å². The maximum absolute atomic E-state index is 14.2. The lowest BCUT2D eigenvalue weighted by atomic mass is 9.66. The molecule has 5 N–H and O–H groups in total. The fraction of sp³-hybridized carbons (Fsp3) is 0.719. The summed E-state index contributed by atoms with van der Waals surface area (Å²) in [6.07, 6.45) is 8.26. The molecule has 9 nitrogen and oxygen atoms in total. The van der Waals surface area contributed by atoms with Gasteiger partial charge in [0.15, 0.2) is 11.5 Å². The van der Waals surface area contributed by atoms with Crippen molar-refractivity contribution in [2.75, 3.05) is 6.54 Å². The molecule has 41 heavy (non-hydrogen) atoms. The van der Waals surface area contributed by atoms with Crippen molar-refractivity contribution in [3.63, 3.8) is 0 Å². The summed E-state index contributed by atoms with van der Waals surface area (Å²) in [4.78, 5) is 28.9. The van der Waals surface area contributed by atoms with Gasteiger partial charge in [0, 0.05) is 18.4 Å². The molecule has 2 amide bonds. The minimum Gasteiger partial charge on any atom is -0.504 e. The van der Waals surface area contributed by atoms with Crippen LogP contribution in [0.25, 0.3) is 0 Å². The molecular formula is C32H47N3O6. The van der Waals surface area contributed by atoms with E-state index in [0.717, 1.165) is 51.4 Å². The monoisotopic (exact) mass is 569 g/mol. The smallest absolute Gasteiger partial charge is 0.246 e. The van der Waals surface area contributed by atoms with Gasteiger partial charge in [0.05, 0.1) is 12.5 Å². The summed E-state index contributed by atoms with van der Waals surface area (Å²) >= 11 is 0. The number of β-amino-alcohol motifs (C(OH)–C–C–N with tert-alkyl or cyclic N) is 1. The average Bonchev–Trinajstić information content (AvgIpc) is 3.53. The molecule has 1 aromatic rings. The fourth-order valence-electron chi connectivity index (χ4n) is 8.67. The highest BCUT2D eigenvalue weighted by Crippen LogP contribution is 2.68. The van der Waals surface area contributed by atoms with Gasteiger partial charge in [-0.15, -0.1) is 0 Å². The van der Waals surface area contributed by atoms with E-state index in [1.165, 1.54) is 18.6 Å². The van der Waals surface area contributed by atoms with Gasteiger partial charge in [0.25, 0.3) is 0 Å². The Labute approximate surface area is 243 Å². The van der Waals surface area contributed by atoms with Crippen molar-refractivity contribution in [3.05, 3.63) is 23.8 Å². The van der Waals surface area contributed by atoms with Gasteiger partial charge in [-0.3, -0.25) is 15.0 Å². The molecule has 6 atom stereocenters. The van der Waals surface area contributed by atoms with Crippen LogP contribution >= 0.6 is 0 Å². The van der Waals surface area contributed by atoms with Crippen LogP contribution in [0.15, 0.2) is 18.2 Å². The highest BCUT2D eigenvalue weighted by Gasteiger charge is 2.64. The van der Waals surface area contributed by atoms with Gasteiger partial charge in [-0.25, -0.2) is 0 Å². The number of nitrogens with zero attached hydrogens (tertiary/aromatic N) is 1. The number of aromatic hydroxyl groups is 2. The number of hydrogen-bond acceptors (Lipinski definition) is 7. The van der Waals surface area contributed by atoms with Gasteiger partial charge in [-0.05, 0) is 73.5 Å². The molecular weight excluding hydrogens is 522 g/mol. The number of phenols is 2. The summed E-state index contributed by atoms with van der Waals surface area (Å²) in [6, 6.07) is 2.82. The van der Waals surface area contributed by atoms with E-state index in [2.05, 4.69) is 26.1 Å². The zero-order valence-electron chi connectivity index (χ0n) is 24.7. The molecule has 3 saturated carbocycles. The second kappa shape index (κ2) is 11.5. The van der Waals surface area contributed by atoms with Crippen molar-refractivity contribution < 1.29 is 29.6 Å². The van der Waals surface area contributed by atoms with E-state index in [9.17, 15) is 24.9 Å². The summed E-state index contributed by atoms with van der Waals surface area (Å²) < 4.78 is 6.44. The summed E-state index contributed by atoms with van der Waals surface area (Å²) in [6.45, 7) is 6.97. The minimum atomic E-state index is -0.766. The molecule has 3 aliphatic carbocycles. The van der Waals surface area contributed by atoms with Crippen molar-refractivity contribution in [2.24, 2.45) is 22.7 Å². The van der Waals surface area contributed by atoms with Gasteiger partial charge in [-0.1, -0.05) is 46.1 Å². The van der Waals surface area contributed by atoms with Gasteiger partial charge in [0.1, 0.15) is 18.2 Å². The number of carbonyl (C=O) groups is 2. The number of likely N-dealkylation sites (tertiary alicyclic amines) is 1. The highest BCUT2D eigenvalue weighted by atomic mass is 16.5. The molecule has 0 radical (unpaired) electrons. The fourth-order valence-corrected chi connectivity index (χ4v) is 8.67. The van der Waals surface area contributed by atoms with Crippen molar-refractivity contribution >= 4 is 17.7 Å². The van der Waals surface area contributed by atoms with Gasteiger partial charge < -0.3 is 30.3 Å². The second-order valence-corrected chi connectivity index (χ2v) is 13.5. The molecule has 1 aromatic carbocycles. The van der Waals surface area contributed by atoms with Crippen LogP contribution < -0.4 is 5.32 Å². The van der Waals surface area contributed by atoms with E-state index in [4.69, 9.17) is 10.1 Å². The summed E-state index contributed by atoms with van der Waals surface area (Å²) in [5.41, 5.74) is 0.676. The molecule has 5 unspecified atom stereocenters. The molecule has 0 aromatic heterocycles. The Morgan fingerprint density at radius 2 is 1.85 bits per heavy atom.